The van der Waals surface area contributed by atoms with Crippen LogP contribution in [0.25, 0.3) is 0 Å². The molecule has 2 rings (SSSR count). The molecule has 0 radical (unpaired) electrons. The number of aryl methyl sites for hydroxylation is 2. The van der Waals surface area contributed by atoms with Crippen LogP contribution in [0.3, 0.4) is 0 Å². The van der Waals surface area contributed by atoms with Crippen molar-refractivity contribution in [3.63, 3.8) is 0 Å². The van der Waals surface area contributed by atoms with Gasteiger partial charge in [0, 0.05) is 12.1 Å². The summed E-state index contributed by atoms with van der Waals surface area (Å²) in [6.45, 7) is 3.80. The predicted octanol–water partition coefficient (Wildman–Crippen LogP) is 2.79. The van der Waals surface area contributed by atoms with Crippen LogP contribution in [0.5, 0.6) is 5.75 Å². The lowest BCUT2D eigenvalue weighted by molar-refractivity contribution is -0.124. The van der Waals surface area contributed by atoms with Gasteiger partial charge in [0.05, 0.1) is 12.7 Å². The van der Waals surface area contributed by atoms with Crippen molar-refractivity contribution in [1.29, 1.82) is 0 Å². The van der Waals surface area contributed by atoms with E-state index in [1.54, 1.807) is 19.2 Å². The zero-order valence-electron chi connectivity index (χ0n) is 14.1. The number of nitrogens with one attached hydrogen (secondary N) is 1. The molecule has 0 unspecified atom stereocenters. The largest absolute Gasteiger partial charge is 0.496 e. The Labute approximate surface area is 141 Å². The van der Waals surface area contributed by atoms with Crippen LogP contribution in [0.4, 0.5) is 0 Å². The second-order valence-corrected chi connectivity index (χ2v) is 5.54. The highest BCUT2D eigenvalue weighted by atomic mass is 16.5. The molecule has 0 spiro atoms. The molecular formula is C19H21NO4. The number of carbonyl (C=O) groups excluding carboxylic acids is 2. The van der Waals surface area contributed by atoms with Gasteiger partial charge in [-0.1, -0.05) is 35.4 Å². The van der Waals surface area contributed by atoms with Crippen molar-refractivity contribution in [1.82, 2.24) is 5.32 Å². The first-order chi connectivity index (χ1) is 11.5. The minimum atomic E-state index is -0.505. The number of amides is 1. The summed E-state index contributed by atoms with van der Waals surface area (Å²) in [7, 11) is 1.58. The molecule has 1 amide bonds. The second-order valence-electron chi connectivity index (χ2n) is 5.54. The Balaban J connectivity index is 1.85. The van der Waals surface area contributed by atoms with E-state index < -0.39 is 5.97 Å². The first-order valence-corrected chi connectivity index (χ1v) is 7.63. The molecular weight excluding hydrogens is 306 g/mol. The van der Waals surface area contributed by atoms with E-state index >= 15 is 0 Å². The number of esters is 1. The normalized spacial score (nSPS) is 10.1. The van der Waals surface area contributed by atoms with E-state index in [0.717, 1.165) is 16.7 Å². The summed E-state index contributed by atoms with van der Waals surface area (Å²) in [5.74, 6) is -0.169. The minimum absolute atomic E-state index is 0.309. The molecule has 0 aliphatic rings. The summed E-state index contributed by atoms with van der Waals surface area (Å²) >= 11 is 0. The zero-order chi connectivity index (χ0) is 17.5. The molecule has 5 heteroatoms. The first kappa shape index (κ1) is 17.5. The topological polar surface area (TPSA) is 64.6 Å². The lowest BCUT2D eigenvalue weighted by Crippen LogP contribution is -2.28. The molecule has 2 aromatic rings. The average molecular weight is 327 g/mol. The lowest BCUT2D eigenvalue weighted by atomic mass is 10.1. The van der Waals surface area contributed by atoms with Crippen molar-refractivity contribution in [3.05, 3.63) is 64.7 Å². The van der Waals surface area contributed by atoms with E-state index in [-0.39, 0.29) is 12.5 Å². The number of ether oxygens (including phenoxy) is 2. The van der Waals surface area contributed by atoms with Gasteiger partial charge in [-0.25, -0.2) is 4.79 Å². The van der Waals surface area contributed by atoms with Gasteiger partial charge in [-0.15, -0.1) is 0 Å². The summed E-state index contributed by atoms with van der Waals surface area (Å²) in [6, 6.07) is 12.9. The Kier molecular flexibility index (Phi) is 5.95. The smallest absolute Gasteiger partial charge is 0.338 e. The highest BCUT2D eigenvalue weighted by Gasteiger charge is 2.11. The van der Waals surface area contributed by atoms with Crippen LogP contribution in [0.2, 0.25) is 0 Å². The standard InChI is InChI=1S/C19H21NO4/c1-13-8-14(2)10-16(9-13)19(22)24-12-18(21)20-11-15-6-4-5-7-17(15)23-3/h4-10H,11-12H2,1-3H3,(H,20,21). The zero-order valence-corrected chi connectivity index (χ0v) is 14.1. The van der Waals surface area contributed by atoms with Gasteiger partial charge in [0.15, 0.2) is 6.61 Å². The van der Waals surface area contributed by atoms with Crippen LogP contribution >= 0.6 is 0 Å². The summed E-state index contributed by atoms with van der Waals surface area (Å²) in [4.78, 5) is 23.9. The quantitative estimate of drug-likeness (QED) is 0.829. The molecule has 0 bridgehead atoms. The van der Waals surface area contributed by atoms with Gasteiger partial charge in [0.25, 0.3) is 5.91 Å². The maximum absolute atomic E-state index is 12.0. The molecule has 126 valence electrons. The molecule has 0 atom stereocenters. The third kappa shape index (κ3) is 4.84. The van der Waals surface area contributed by atoms with Gasteiger partial charge in [-0.05, 0) is 32.0 Å². The number of carbonyl (C=O) groups is 2. The van der Waals surface area contributed by atoms with E-state index in [9.17, 15) is 9.59 Å². The van der Waals surface area contributed by atoms with Crippen molar-refractivity contribution in [2.45, 2.75) is 20.4 Å². The molecule has 5 nitrogen and oxygen atoms in total. The van der Waals surface area contributed by atoms with Crippen LogP contribution in [-0.2, 0) is 16.1 Å². The fourth-order valence-electron chi connectivity index (χ4n) is 2.40. The van der Waals surface area contributed by atoms with Crippen molar-refractivity contribution >= 4 is 11.9 Å². The number of hydrogen-bond acceptors (Lipinski definition) is 4. The number of hydrogen-bond donors (Lipinski definition) is 1. The van der Waals surface area contributed by atoms with Crippen molar-refractivity contribution in [2.75, 3.05) is 13.7 Å². The second kappa shape index (κ2) is 8.15. The van der Waals surface area contributed by atoms with Gasteiger partial charge in [-0.3, -0.25) is 4.79 Å². The Hall–Kier alpha value is -2.82. The summed E-state index contributed by atoms with van der Waals surface area (Å²) in [5, 5.41) is 2.71. The molecule has 0 aliphatic heterocycles. The van der Waals surface area contributed by atoms with Gasteiger partial charge in [0.2, 0.25) is 0 Å². The van der Waals surface area contributed by atoms with Gasteiger partial charge in [-0.2, -0.15) is 0 Å². The molecule has 0 saturated carbocycles. The monoisotopic (exact) mass is 327 g/mol. The Morgan fingerprint density at radius 3 is 2.38 bits per heavy atom. The molecule has 0 aromatic heterocycles. The Bertz CT molecular complexity index is 720. The fourth-order valence-corrected chi connectivity index (χ4v) is 2.40. The van der Waals surface area contributed by atoms with Crippen LogP contribution in [0.15, 0.2) is 42.5 Å². The molecule has 0 aliphatic carbocycles. The number of methoxy groups -OCH3 is 1. The molecule has 0 heterocycles. The number of rotatable bonds is 6. The van der Waals surface area contributed by atoms with Crippen molar-refractivity contribution in [3.8, 4) is 5.75 Å². The van der Waals surface area contributed by atoms with Crippen LogP contribution in [0.1, 0.15) is 27.0 Å². The van der Waals surface area contributed by atoms with E-state index in [1.807, 2.05) is 44.2 Å². The first-order valence-electron chi connectivity index (χ1n) is 7.63. The van der Waals surface area contributed by atoms with E-state index in [1.165, 1.54) is 0 Å². The third-order valence-electron chi connectivity index (χ3n) is 3.46. The molecule has 24 heavy (non-hydrogen) atoms. The maximum atomic E-state index is 12.0. The molecule has 0 saturated heterocycles. The van der Waals surface area contributed by atoms with Crippen molar-refractivity contribution < 1.29 is 19.1 Å². The van der Waals surface area contributed by atoms with Crippen molar-refractivity contribution in [2.24, 2.45) is 0 Å². The van der Waals surface area contributed by atoms with Crippen LogP contribution < -0.4 is 10.1 Å². The minimum Gasteiger partial charge on any atom is -0.496 e. The highest BCUT2D eigenvalue weighted by Crippen LogP contribution is 2.16. The Morgan fingerprint density at radius 2 is 1.71 bits per heavy atom. The van der Waals surface area contributed by atoms with E-state index in [4.69, 9.17) is 9.47 Å². The average Bonchev–Trinajstić information content (AvgIpc) is 2.57. The maximum Gasteiger partial charge on any atom is 0.338 e. The van der Waals surface area contributed by atoms with E-state index in [2.05, 4.69) is 5.32 Å². The van der Waals surface area contributed by atoms with Gasteiger partial charge >= 0.3 is 5.97 Å². The molecule has 2 aromatic carbocycles. The molecule has 1 N–H and O–H groups in total. The van der Waals surface area contributed by atoms with Gasteiger partial charge < -0.3 is 14.8 Å². The summed E-state index contributed by atoms with van der Waals surface area (Å²) in [6.07, 6.45) is 0. The third-order valence-corrected chi connectivity index (χ3v) is 3.46. The number of para-hydroxylation sites is 1. The lowest BCUT2D eigenvalue weighted by Gasteiger charge is -2.10. The van der Waals surface area contributed by atoms with E-state index in [0.29, 0.717) is 17.9 Å². The Morgan fingerprint density at radius 1 is 1.04 bits per heavy atom. The van der Waals surface area contributed by atoms with Crippen LogP contribution in [-0.4, -0.2) is 25.6 Å². The number of benzene rings is 2. The van der Waals surface area contributed by atoms with Gasteiger partial charge in [0.1, 0.15) is 5.75 Å². The highest BCUT2D eigenvalue weighted by molar-refractivity contribution is 5.91. The predicted molar refractivity (Wildman–Crippen MR) is 91.0 cm³/mol. The summed E-state index contributed by atoms with van der Waals surface area (Å²) in [5.41, 5.74) is 3.25. The fraction of sp³-hybridized carbons (Fsp3) is 0.263. The SMILES string of the molecule is COc1ccccc1CNC(=O)COC(=O)c1cc(C)cc(C)c1. The molecule has 0 fully saturated rings. The summed E-state index contributed by atoms with van der Waals surface area (Å²) < 4.78 is 10.3. The van der Waals surface area contributed by atoms with Crippen LogP contribution in [0, 0.1) is 13.8 Å².